The van der Waals surface area contributed by atoms with Crippen molar-refractivity contribution in [3.63, 3.8) is 0 Å². The Bertz CT molecular complexity index is 730. The van der Waals surface area contributed by atoms with Crippen molar-refractivity contribution in [3.05, 3.63) is 30.3 Å². The van der Waals surface area contributed by atoms with Crippen molar-refractivity contribution < 1.29 is 16.8 Å². The highest BCUT2D eigenvalue weighted by Crippen LogP contribution is 2.17. The predicted molar refractivity (Wildman–Crippen MR) is 98.3 cm³/mol. The number of nitrogens with one attached hydrogen (secondary N) is 2. The maximum absolute atomic E-state index is 12.7. The lowest BCUT2D eigenvalue weighted by Crippen LogP contribution is -2.48. The smallest absolute Gasteiger partial charge is 0.240 e. The number of benzene rings is 1. The lowest BCUT2D eigenvalue weighted by Gasteiger charge is -2.33. The van der Waals surface area contributed by atoms with Gasteiger partial charge in [-0.15, -0.1) is 0 Å². The normalized spacial score (nSPS) is 17.0. The summed E-state index contributed by atoms with van der Waals surface area (Å²) in [5.41, 5.74) is 0. The van der Waals surface area contributed by atoms with Crippen LogP contribution in [0.2, 0.25) is 0 Å². The second kappa shape index (κ2) is 9.09. The molecular formula is C16H27N3O4S2. The molecule has 1 saturated heterocycles. The summed E-state index contributed by atoms with van der Waals surface area (Å²) in [5.74, 6) is -0.233. The van der Waals surface area contributed by atoms with Crippen molar-refractivity contribution in [2.75, 3.05) is 31.9 Å². The van der Waals surface area contributed by atoms with E-state index in [1.807, 2.05) is 6.92 Å². The van der Waals surface area contributed by atoms with Crippen LogP contribution in [0.15, 0.2) is 35.2 Å². The van der Waals surface area contributed by atoms with Gasteiger partial charge in [0.2, 0.25) is 20.0 Å². The molecule has 1 heterocycles. The fourth-order valence-electron chi connectivity index (χ4n) is 2.97. The molecule has 2 rings (SSSR count). The Morgan fingerprint density at radius 2 is 1.76 bits per heavy atom. The Hall–Kier alpha value is -1.00. The van der Waals surface area contributed by atoms with Gasteiger partial charge in [0.05, 0.1) is 10.6 Å². The molecular weight excluding hydrogens is 362 g/mol. The molecule has 0 atom stereocenters. The van der Waals surface area contributed by atoms with Gasteiger partial charge in [0.1, 0.15) is 0 Å². The molecule has 0 aromatic heterocycles. The summed E-state index contributed by atoms with van der Waals surface area (Å²) in [6.45, 7) is 3.90. The molecule has 9 heteroatoms. The quantitative estimate of drug-likeness (QED) is 0.650. The molecule has 0 unspecified atom stereocenters. The molecule has 25 heavy (non-hydrogen) atoms. The topological polar surface area (TPSA) is 95.6 Å². The van der Waals surface area contributed by atoms with Crippen LogP contribution in [0.3, 0.4) is 0 Å². The summed E-state index contributed by atoms with van der Waals surface area (Å²) >= 11 is 0. The van der Waals surface area contributed by atoms with E-state index in [-0.39, 0.29) is 23.2 Å². The van der Waals surface area contributed by atoms with Crippen LogP contribution >= 0.6 is 0 Å². The van der Waals surface area contributed by atoms with Crippen LogP contribution in [0.4, 0.5) is 0 Å². The molecule has 2 N–H and O–H groups in total. The number of rotatable bonds is 9. The standard InChI is InChI=1S/C16H27N3O4S2/c1-2-13-19(15-8-10-17-11-9-15)24(20,21)14-12-18-25(22,23)16-6-4-3-5-7-16/h3-7,15,17-18H,2,8-14H2,1H3. The van der Waals surface area contributed by atoms with Gasteiger partial charge in [-0.2, -0.15) is 4.31 Å². The number of nitrogens with zero attached hydrogens (tertiary/aromatic N) is 1. The molecule has 1 aliphatic heterocycles. The maximum Gasteiger partial charge on any atom is 0.240 e. The number of sulfonamides is 2. The molecule has 0 amide bonds. The van der Waals surface area contributed by atoms with E-state index >= 15 is 0 Å². The van der Waals surface area contributed by atoms with Crippen LogP contribution in [0.1, 0.15) is 26.2 Å². The first-order valence-corrected chi connectivity index (χ1v) is 11.7. The Kier molecular flexibility index (Phi) is 7.38. The van der Waals surface area contributed by atoms with E-state index in [9.17, 15) is 16.8 Å². The van der Waals surface area contributed by atoms with Crippen molar-refractivity contribution in [1.82, 2.24) is 14.3 Å². The first-order chi connectivity index (χ1) is 11.9. The lowest BCUT2D eigenvalue weighted by atomic mass is 10.1. The summed E-state index contributed by atoms with van der Waals surface area (Å²) in [5, 5.41) is 3.23. The van der Waals surface area contributed by atoms with Gasteiger partial charge in [0.25, 0.3) is 0 Å². The van der Waals surface area contributed by atoms with E-state index in [0.29, 0.717) is 6.54 Å². The molecule has 0 saturated carbocycles. The largest absolute Gasteiger partial charge is 0.317 e. The van der Waals surface area contributed by atoms with Crippen LogP contribution in [-0.4, -0.2) is 59.1 Å². The van der Waals surface area contributed by atoms with Gasteiger partial charge in [-0.1, -0.05) is 25.1 Å². The summed E-state index contributed by atoms with van der Waals surface area (Å²) in [4.78, 5) is 0.135. The van der Waals surface area contributed by atoms with Crippen LogP contribution in [0.5, 0.6) is 0 Å². The fourth-order valence-corrected chi connectivity index (χ4v) is 5.87. The van der Waals surface area contributed by atoms with Crippen molar-refractivity contribution in [2.24, 2.45) is 0 Å². The Labute approximate surface area is 150 Å². The van der Waals surface area contributed by atoms with Crippen molar-refractivity contribution in [3.8, 4) is 0 Å². The van der Waals surface area contributed by atoms with Gasteiger partial charge in [0.15, 0.2) is 0 Å². The monoisotopic (exact) mass is 389 g/mol. The van der Waals surface area contributed by atoms with Crippen LogP contribution in [0, 0.1) is 0 Å². The first-order valence-electron chi connectivity index (χ1n) is 8.62. The first kappa shape index (κ1) is 20.3. The second-order valence-corrected chi connectivity index (χ2v) is 9.93. The Balaban J connectivity index is 1.99. The zero-order valence-electron chi connectivity index (χ0n) is 14.5. The summed E-state index contributed by atoms with van der Waals surface area (Å²) < 4.78 is 53.7. The van der Waals surface area contributed by atoms with Gasteiger partial charge < -0.3 is 5.32 Å². The minimum Gasteiger partial charge on any atom is -0.317 e. The second-order valence-electron chi connectivity index (χ2n) is 6.12. The molecule has 142 valence electrons. The molecule has 1 aliphatic rings. The zero-order valence-corrected chi connectivity index (χ0v) is 16.2. The van der Waals surface area contributed by atoms with E-state index in [2.05, 4.69) is 10.0 Å². The highest BCUT2D eigenvalue weighted by atomic mass is 32.2. The molecule has 0 radical (unpaired) electrons. The molecule has 1 aromatic rings. The number of hydrogen-bond acceptors (Lipinski definition) is 5. The van der Waals surface area contributed by atoms with Gasteiger partial charge >= 0.3 is 0 Å². The highest BCUT2D eigenvalue weighted by molar-refractivity contribution is 7.90. The minimum atomic E-state index is -3.69. The third kappa shape index (κ3) is 5.75. The summed E-state index contributed by atoms with van der Waals surface area (Å²) in [7, 11) is -7.20. The van der Waals surface area contributed by atoms with Gasteiger partial charge in [0, 0.05) is 19.1 Å². The average Bonchev–Trinajstić information content (AvgIpc) is 2.60. The van der Waals surface area contributed by atoms with E-state index in [0.717, 1.165) is 32.4 Å². The molecule has 1 aromatic carbocycles. The molecule has 0 bridgehead atoms. The maximum atomic E-state index is 12.7. The van der Waals surface area contributed by atoms with E-state index < -0.39 is 20.0 Å². The minimum absolute atomic E-state index is 0.00284. The number of piperidine rings is 1. The third-order valence-electron chi connectivity index (χ3n) is 4.22. The summed E-state index contributed by atoms with van der Waals surface area (Å²) in [6.07, 6.45) is 2.31. The van der Waals surface area contributed by atoms with E-state index in [4.69, 9.17) is 0 Å². The van der Waals surface area contributed by atoms with Crippen LogP contribution in [0.25, 0.3) is 0 Å². The van der Waals surface area contributed by atoms with Crippen molar-refractivity contribution in [2.45, 2.75) is 37.1 Å². The average molecular weight is 390 g/mol. The third-order valence-corrected chi connectivity index (χ3v) is 7.62. The predicted octanol–water partition coefficient (Wildman–Crippen LogP) is 0.759. The Morgan fingerprint density at radius 3 is 2.36 bits per heavy atom. The molecule has 7 nitrogen and oxygen atoms in total. The van der Waals surface area contributed by atoms with Crippen LogP contribution < -0.4 is 10.0 Å². The zero-order chi connectivity index (χ0) is 18.3. The van der Waals surface area contributed by atoms with Crippen molar-refractivity contribution in [1.29, 1.82) is 0 Å². The fraction of sp³-hybridized carbons (Fsp3) is 0.625. The van der Waals surface area contributed by atoms with E-state index in [1.54, 1.807) is 22.5 Å². The van der Waals surface area contributed by atoms with Crippen LogP contribution in [-0.2, 0) is 20.0 Å². The Morgan fingerprint density at radius 1 is 1.12 bits per heavy atom. The summed E-state index contributed by atoms with van der Waals surface area (Å²) in [6, 6.07) is 7.95. The van der Waals surface area contributed by atoms with Crippen molar-refractivity contribution >= 4 is 20.0 Å². The molecule has 0 aliphatic carbocycles. The van der Waals surface area contributed by atoms with Gasteiger partial charge in [-0.25, -0.2) is 21.6 Å². The highest BCUT2D eigenvalue weighted by Gasteiger charge is 2.30. The SMILES string of the molecule is CCCN(C1CCNCC1)S(=O)(=O)CCNS(=O)(=O)c1ccccc1. The lowest BCUT2D eigenvalue weighted by molar-refractivity contribution is 0.262. The van der Waals surface area contributed by atoms with Gasteiger partial charge in [-0.05, 0) is 44.5 Å². The van der Waals surface area contributed by atoms with E-state index in [1.165, 1.54) is 12.1 Å². The van der Waals surface area contributed by atoms with Gasteiger partial charge in [-0.3, -0.25) is 0 Å². The molecule has 0 spiro atoms. The number of hydrogen-bond donors (Lipinski definition) is 2. The molecule has 1 fully saturated rings.